The molecule has 2 unspecified atom stereocenters. The molecule has 1 saturated heterocycles. The molecule has 25 heavy (non-hydrogen) atoms. The Morgan fingerprint density at radius 1 is 1.20 bits per heavy atom. The number of nitrogens with zero attached hydrogens (tertiary/aromatic N) is 3. The average Bonchev–Trinajstić information content (AvgIpc) is 3.23. The third kappa shape index (κ3) is 2.94. The van der Waals surface area contributed by atoms with Gasteiger partial charge in [-0.05, 0) is 18.4 Å². The van der Waals surface area contributed by atoms with Crippen LogP contribution in [0.4, 0.5) is 4.79 Å². The van der Waals surface area contributed by atoms with Gasteiger partial charge in [0.05, 0.1) is 0 Å². The average molecular weight is 341 g/mol. The van der Waals surface area contributed by atoms with Crippen molar-refractivity contribution in [2.45, 2.75) is 50.5 Å². The maximum absolute atomic E-state index is 12.5. The summed E-state index contributed by atoms with van der Waals surface area (Å²) in [5.74, 6) is 0.443. The predicted octanol–water partition coefficient (Wildman–Crippen LogP) is 1.27. The van der Waals surface area contributed by atoms with E-state index in [1.807, 2.05) is 35.2 Å². The lowest BCUT2D eigenvalue weighted by Gasteiger charge is -2.36. The fourth-order valence-corrected chi connectivity index (χ4v) is 3.85. The van der Waals surface area contributed by atoms with Gasteiger partial charge in [-0.1, -0.05) is 43.2 Å². The molecule has 2 heterocycles. The number of carbonyl (C=O) groups is 2. The van der Waals surface area contributed by atoms with E-state index in [1.54, 1.807) is 7.05 Å². The second-order valence-electron chi connectivity index (χ2n) is 6.96. The summed E-state index contributed by atoms with van der Waals surface area (Å²) in [7, 11) is 1.68. The molecule has 1 aromatic rings. The number of fused-ring (bicyclic) bond motifs is 1. The summed E-state index contributed by atoms with van der Waals surface area (Å²) >= 11 is 0. The van der Waals surface area contributed by atoms with Crippen LogP contribution in [-0.2, 0) is 11.3 Å². The minimum absolute atomic E-state index is 0.281. The highest BCUT2D eigenvalue weighted by Gasteiger charge is 2.48. The van der Waals surface area contributed by atoms with E-state index in [-0.39, 0.29) is 5.91 Å². The van der Waals surface area contributed by atoms with Crippen molar-refractivity contribution in [3.8, 4) is 0 Å². The first-order chi connectivity index (χ1) is 12.1. The van der Waals surface area contributed by atoms with Crippen molar-refractivity contribution in [2.75, 3.05) is 7.05 Å². The van der Waals surface area contributed by atoms with E-state index in [0.29, 0.717) is 12.6 Å². The highest BCUT2D eigenvalue weighted by molar-refractivity contribution is 6.03. The van der Waals surface area contributed by atoms with Gasteiger partial charge in [-0.3, -0.25) is 10.1 Å². The number of nitrogens with one attached hydrogen (secondary N) is 2. The molecule has 7 nitrogen and oxygen atoms in total. The number of benzene rings is 1. The third-order valence-corrected chi connectivity index (χ3v) is 5.24. The Bertz CT molecular complexity index is 699. The van der Waals surface area contributed by atoms with Crippen LogP contribution in [0.15, 0.2) is 35.3 Å². The van der Waals surface area contributed by atoms with Gasteiger partial charge in [-0.25, -0.2) is 9.79 Å². The summed E-state index contributed by atoms with van der Waals surface area (Å²) in [6, 6.07) is 9.53. The summed E-state index contributed by atoms with van der Waals surface area (Å²) < 4.78 is 0. The maximum Gasteiger partial charge on any atom is 0.325 e. The zero-order valence-electron chi connectivity index (χ0n) is 14.3. The van der Waals surface area contributed by atoms with E-state index in [1.165, 1.54) is 17.7 Å². The molecule has 2 aliphatic heterocycles. The van der Waals surface area contributed by atoms with E-state index in [0.717, 1.165) is 24.4 Å². The minimum atomic E-state index is -0.494. The topological polar surface area (TPSA) is 77.0 Å². The quantitative estimate of drug-likeness (QED) is 0.868. The van der Waals surface area contributed by atoms with Gasteiger partial charge in [0.25, 0.3) is 5.91 Å². The standard InChI is InChI=1S/C18H23N5O2/c1-22-15-14(16(24)21-18(22)25)23(11-12-7-3-2-4-8-12)17(20-15)19-13-9-5-6-10-13/h2-4,7-8,13-15H,5-6,9-11H2,1H3,(H,19,20)(H,21,24,25). The number of aliphatic imine (C=N–C) groups is 1. The van der Waals surface area contributed by atoms with E-state index < -0.39 is 18.2 Å². The molecule has 3 amide bonds. The smallest absolute Gasteiger partial charge is 0.325 e. The van der Waals surface area contributed by atoms with Crippen molar-refractivity contribution in [3.05, 3.63) is 35.9 Å². The Balaban J connectivity index is 1.62. The lowest BCUT2D eigenvalue weighted by atomic mass is 10.1. The van der Waals surface area contributed by atoms with Gasteiger partial charge < -0.3 is 15.1 Å². The molecule has 2 atom stereocenters. The van der Waals surface area contributed by atoms with Crippen LogP contribution < -0.4 is 10.6 Å². The second kappa shape index (κ2) is 6.38. The van der Waals surface area contributed by atoms with Gasteiger partial charge in [0, 0.05) is 19.6 Å². The van der Waals surface area contributed by atoms with E-state index >= 15 is 0 Å². The van der Waals surface area contributed by atoms with Crippen molar-refractivity contribution in [1.82, 2.24) is 20.4 Å². The van der Waals surface area contributed by atoms with Gasteiger partial charge in [0.15, 0.2) is 18.2 Å². The molecule has 1 aromatic carbocycles. The minimum Gasteiger partial charge on any atom is -0.353 e. The fraction of sp³-hybridized carbons (Fsp3) is 0.500. The van der Waals surface area contributed by atoms with Crippen molar-refractivity contribution < 1.29 is 9.59 Å². The van der Waals surface area contributed by atoms with Crippen molar-refractivity contribution in [1.29, 1.82) is 0 Å². The Morgan fingerprint density at radius 2 is 1.92 bits per heavy atom. The molecule has 2 N–H and O–H groups in total. The highest BCUT2D eigenvalue weighted by atomic mass is 16.2. The van der Waals surface area contributed by atoms with Gasteiger partial charge in [-0.15, -0.1) is 0 Å². The third-order valence-electron chi connectivity index (χ3n) is 5.24. The zero-order chi connectivity index (χ0) is 17.4. The molecule has 1 aliphatic carbocycles. The summed E-state index contributed by atoms with van der Waals surface area (Å²) in [6.45, 7) is 0.579. The fourth-order valence-electron chi connectivity index (χ4n) is 3.85. The van der Waals surface area contributed by atoms with E-state index in [2.05, 4.69) is 10.6 Å². The van der Waals surface area contributed by atoms with Crippen LogP contribution in [0.3, 0.4) is 0 Å². The molecule has 1 saturated carbocycles. The number of urea groups is 1. The summed E-state index contributed by atoms with van der Waals surface area (Å²) in [4.78, 5) is 32.7. The number of guanidine groups is 1. The largest absolute Gasteiger partial charge is 0.353 e. The zero-order valence-corrected chi connectivity index (χ0v) is 14.3. The van der Waals surface area contributed by atoms with Crippen LogP contribution in [-0.4, -0.2) is 53.0 Å². The lowest BCUT2D eigenvalue weighted by Crippen LogP contribution is -2.64. The SMILES string of the molecule is CN1C(=O)NC(=O)C2C1N=C(NC1CCCC1)N2Cc1ccccc1. The first-order valence-corrected chi connectivity index (χ1v) is 8.86. The summed E-state index contributed by atoms with van der Waals surface area (Å²) in [5, 5.41) is 5.95. The molecule has 0 aromatic heterocycles. The Morgan fingerprint density at radius 3 is 2.64 bits per heavy atom. The maximum atomic E-state index is 12.5. The second-order valence-corrected chi connectivity index (χ2v) is 6.96. The Hall–Kier alpha value is -2.57. The van der Waals surface area contributed by atoms with E-state index in [4.69, 9.17) is 4.99 Å². The van der Waals surface area contributed by atoms with Crippen molar-refractivity contribution in [3.63, 3.8) is 0 Å². The van der Waals surface area contributed by atoms with Crippen LogP contribution in [0.2, 0.25) is 0 Å². The molecule has 3 aliphatic rings. The number of carbonyl (C=O) groups excluding carboxylic acids is 2. The first kappa shape index (κ1) is 15.9. The number of likely N-dealkylation sites (N-methyl/N-ethyl adjacent to an activating group) is 1. The van der Waals surface area contributed by atoms with Crippen molar-refractivity contribution >= 4 is 17.9 Å². The molecule has 0 spiro atoms. The van der Waals surface area contributed by atoms with Gasteiger partial charge in [0.1, 0.15) is 0 Å². The van der Waals surface area contributed by atoms with Gasteiger partial charge in [0.2, 0.25) is 0 Å². The Kier molecular flexibility index (Phi) is 4.07. The number of amides is 3. The molecular weight excluding hydrogens is 318 g/mol. The monoisotopic (exact) mass is 341 g/mol. The highest BCUT2D eigenvalue weighted by Crippen LogP contribution is 2.26. The summed E-state index contributed by atoms with van der Waals surface area (Å²) in [5.41, 5.74) is 1.11. The molecular formula is C18H23N5O2. The number of hydrogen-bond donors (Lipinski definition) is 2. The molecule has 0 bridgehead atoms. The summed E-state index contributed by atoms with van der Waals surface area (Å²) in [6.07, 6.45) is 4.20. The number of hydrogen-bond acceptors (Lipinski definition) is 5. The molecule has 7 heteroatoms. The molecule has 2 fully saturated rings. The van der Waals surface area contributed by atoms with E-state index in [9.17, 15) is 9.59 Å². The lowest BCUT2D eigenvalue weighted by molar-refractivity contribution is -0.127. The molecule has 4 rings (SSSR count). The van der Waals surface area contributed by atoms with Crippen molar-refractivity contribution in [2.24, 2.45) is 4.99 Å². The normalized spacial score (nSPS) is 26.5. The predicted molar refractivity (Wildman–Crippen MR) is 93.7 cm³/mol. The van der Waals surface area contributed by atoms with Crippen LogP contribution in [0.1, 0.15) is 31.2 Å². The number of rotatable bonds is 3. The van der Waals surface area contributed by atoms with Crippen LogP contribution in [0.25, 0.3) is 0 Å². The van der Waals surface area contributed by atoms with Crippen LogP contribution in [0, 0.1) is 0 Å². The number of imide groups is 1. The van der Waals surface area contributed by atoms with Gasteiger partial charge in [-0.2, -0.15) is 0 Å². The first-order valence-electron chi connectivity index (χ1n) is 8.86. The van der Waals surface area contributed by atoms with Gasteiger partial charge >= 0.3 is 6.03 Å². The molecule has 132 valence electrons. The molecule has 0 radical (unpaired) electrons. The van der Waals surface area contributed by atoms with Crippen LogP contribution in [0.5, 0.6) is 0 Å². The Labute approximate surface area is 147 Å². The van der Waals surface area contributed by atoms with Crippen LogP contribution >= 0.6 is 0 Å².